The van der Waals surface area contributed by atoms with Crippen molar-refractivity contribution in [3.63, 3.8) is 0 Å². The van der Waals surface area contributed by atoms with E-state index in [1.54, 1.807) is 6.07 Å². The number of nitro groups is 1. The molecule has 1 N–H and O–H groups in total. The van der Waals surface area contributed by atoms with Crippen LogP contribution in [0.25, 0.3) is 21.9 Å². The van der Waals surface area contributed by atoms with Crippen molar-refractivity contribution in [2.45, 2.75) is 0 Å². The summed E-state index contributed by atoms with van der Waals surface area (Å²) in [4.78, 5) is 17.1. The average molecular weight is 213 g/mol. The van der Waals surface area contributed by atoms with Gasteiger partial charge in [-0.1, -0.05) is 18.2 Å². The van der Waals surface area contributed by atoms with Crippen LogP contribution in [0.2, 0.25) is 0 Å². The highest BCUT2D eigenvalue weighted by atomic mass is 16.6. The molecule has 0 unspecified atom stereocenters. The number of H-pyrrole nitrogens is 1. The smallest absolute Gasteiger partial charge is 0.358 e. The number of benzene rings is 1. The van der Waals surface area contributed by atoms with E-state index in [2.05, 4.69) is 9.97 Å². The Bertz CT molecular complexity index is 703. The highest BCUT2D eigenvalue weighted by molar-refractivity contribution is 6.05. The first-order valence-corrected chi connectivity index (χ1v) is 4.77. The second-order valence-electron chi connectivity index (χ2n) is 3.49. The van der Waals surface area contributed by atoms with Crippen LogP contribution in [0, 0.1) is 10.1 Å². The largest absolute Gasteiger partial charge is 0.365 e. The highest BCUT2D eigenvalue weighted by Gasteiger charge is 2.13. The van der Waals surface area contributed by atoms with Crippen molar-refractivity contribution in [1.82, 2.24) is 9.97 Å². The molecule has 0 aliphatic heterocycles. The zero-order valence-electron chi connectivity index (χ0n) is 8.18. The van der Waals surface area contributed by atoms with Crippen molar-refractivity contribution in [3.05, 3.63) is 46.5 Å². The number of hydrogen-bond donors (Lipinski definition) is 1. The van der Waals surface area contributed by atoms with E-state index in [9.17, 15) is 10.1 Å². The molecule has 0 saturated heterocycles. The van der Waals surface area contributed by atoms with Crippen LogP contribution in [-0.2, 0) is 0 Å². The van der Waals surface area contributed by atoms with Gasteiger partial charge in [-0.3, -0.25) is 0 Å². The first-order chi connectivity index (χ1) is 7.75. The molecule has 0 aliphatic rings. The normalized spacial score (nSPS) is 11.0. The molecule has 5 heteroatoms. The van der Waals surface area contributed by atoms with Crippen LogP contribution in [0.4, 0.5) is 5.82 Å². The van der Waals surface area contributed by atoms with Crippen molar-refractivity contribution in [1.29, 1.82) is 0 Å². The van der Waals surface area contributed by atoms with Crippen molar-refractivity contribution in [3.8, 4) is 0 Å². The first-order valence-electron chi connectivity index (χ1n) is 4.77. The average Bonchev–Trinajstić information content (AvgIpc) is 2.66. The van der Waals surface area contributed by atoms with E-state index >= 15 is 0 Å². The maximum absolute atomic E-state index is 10.6. The number of pyridine rings is 1. The second kappa shape index (κ2) is 3.03. The minimum atomic E-state index is -0.495. The Morgan fingerprint density at radius 1 is 1.12 bits per heavy atom. The van der Waals surface area contributed by atoms with E-state index in [1.807, 2.05) is 24.3 Å². The third kappa shape index (κ3) is 1.15. The van der Waals surface area contributed by atoms with Crippen LogP contribution in [0.3, 0.4) is 0 Å². The summed E-state index contributed by atoms with van der Waals surface area (Å²) in [6.45, 7) is 0. The lowest BCUT2D eigenvalue weighted by atomic mass is 10.2. The number of nitrogens with zero attached hydrogens (tertiary/aromatic N) is 2. The van der Waals surface area contributed by atoms with Gasteiger partial charge < -0.3 is 15.1 Å². The number of aromatic amines is 1. The molecule has 78 valence electrons. The number of hydrogen-bond acceptors (Lipinski definition) is 3. The van der Waals surface area contributed by atoms with Gasteiger partial charge in [0.15, 0.2) is 0 Å². The lowest BCUT2D eigenvalue weighted by molar-refractivity contribution is -0.389. The van der Waals surface area contributed by atoms with Gasteiger partial charge in [0.05, 0.1) is 5.39 Å². The molecular formula is C11H7N3O2. The molecule has 0 saturated carbocycles. The zero-order chi connectivity index (χ0) is 11.1. The van der Waals surface area contributed by atoms with Crippen LogP contribution in [0.1, 0.15) is 0 Å². The fourth-order valence-corrected chi connectivity index (χ4v) is 1.82. The van der Waals surface area contributed by atoms with Crippen LogP contribution in [0.5, 0.6) is 0 Å². The number of para-hydroxylation sites is 1. The summed E-state index contributed by atoms with van der Waals surface area (Å²) in [6.07, 6.45) is 0. The van der Waals surface area contributed by atoms with Gasteiger partial charge in [0, 0.05) is 17.0 Å². The first kappa shape index (κ1) is 8.84. The quantitative estimate of drug-likeness (QED) is 0.498. The zero-order valence-corrected chi connectivity index (χ0v) is 8.18. The van der Waals surface area contributed by atoms with Gasteiger partial charge in [-0.05, 0) is 22.0 Å². The lowest BCUT2D eigenvalue weighted by Crippen LogP contribution is -1.91. The van der Waals surface area contributed by atoms with Crippen molar-refractivity contribution in [2.75, 3.05) is 0 Å². The molecule has 5 nitrogen and oxygen atoms in total. The Morgan fingerprint density at radius 3 is 2.75 bits per heavy atom. The molecule has 1 aromatic carbocycles. The van der Waals surface area contributed by atoms with Gasteiger partial charge in [-0.25, -0.2) is 0 Å². The maximum Gasteiger partial charge on any atom is 0.365 e. The van der Waals surface area contributed by atoms with Crippen molar-refractivity contribution < 1.29 is 4.92 Å². The Labute approximate surface area is 89.9 Å². The van der Waals surface area contributed by atoms with E-state index in [0.29, 0.717) is 5.65 Å². The van der Waals surface area contributed by atoms with Gasteiger partial charge in [-0.15, -0.1) is 0 Å². The SMILES string of the molecule is O=[N+]([O-])c1ccc2c(n1)[nH]c1ccccc12. The summed E-state index contributed by atoms with van der Waals surface area (Å²) in [6, 6.07) is 10.9. The van der Waals surface area contributed by atoms with Crippen LogP contribution < -0.4 is 0 Å². The summed E-state index contributed by atoms with van der Waals surface area (Å²) in [7, 11) is 0. The van der Waals surface area contributed by atoms with Gasteiger partial charge in [0.1, 0.15) is 0 Å². The number of fused-ring (bicyclic) bond motifs is 3. The lowest BCUT2D eigenvalue weighted by Gasteiger charge is -1.90. The molecule has 0 radical (unpaired) electrons. The standard InChI is InChI=1S/C11H7N3O2/c15-14(16)10-6-5-8-7-3-1-2-4-9(7)12-11(8)13-10/h1-6H,(H,12,13). The number of aromatic nitrogens is 2. The topological polar surface area (TPSA) is 71.8 Å². The van der Waals surface area contributed by atoms with Crippen molar-refractivity contribution in [2.24, 2.45) is 0 Å². The summed E-state index contributed by atoms with van der Waals surface area (Å²) >= 11 is 0. The molecule has 3 rings (SSSR count). The van der Waals surface area contributed by atoms with E-state index < -0.39 is 4.92 Å². The van der Waals surface area contributed by atoms with Crippen LogP contribution in [0.15, 0.2) is 36.4 Å². The van der Waals surface area contributed by atoms with E-state index in [-0.39, 0.29) is 5.82 Å². The van der Waals surface area contributed by atoms with Gasteiger partial charge in [0.2, 0.25) is 0 Å². The molecule has 0 bridgehead atoms. The molecule has 2 heterocycles. The van der Waals surface area contributed by atoms with Gasteiger partial charge in [-0.2, -0.15) is 0 Å². The van der Waals surface area contributed by atoms with E-state index in [1.165, 1.54) is 6.07 Å². The highest BCUT2D eigenvalue weighted by Crippen LogP contribution is 2.25. The van der Waals surface area contributed by atoms with Gasteiger partial charge in [0.25, 0.3) is 5.65 Å². The third-order valence-corrected chi connectivity index (χ3v) is 2.54. The minimum Gasteiger partial charge on any atom is -0.358 e. The molecule has 3 aromatic rings. The summed E-state index contributed by atoms with van der Waals surface area (Å²) in [5.41, 5.74) is 1.49. The predicted octanol–water partition coefficient (Wildman–Crippen LogP) is 2.62. The van der Waals surface area contributed by atoms with E-state index in [4.69, 9.17) is 0 Å². The summed E-state index contributed by atoms with van der Waals surface area (Å²) < 4.78 is 0. The molecule has 0 amide bonds. The summed E-state index contributed by atoms with van der Waals surface area (Å²) in [5.74, 6) is -0.140. The number of rotatable bonds is 1. The predicted molar refractivity (Wildman–Crippen MR) is 60.3 cm³/mol. The number of nitrogens with one attached hydrogen (secondary N) is 1. The molecular weight excluding hydrogens is 206 g/mol. The fraction of sp³-hybridized carbons (Fsp3) is 0. The second-order valence-corrected chi connectivity index (χ2v) is 3.49. The summed E-state index contributed by atoms with van der Waals surface area (Å²) in [5, 5.41) is 12.5. The molecule has 0 atom stereocenters. The Kier molecular flexibility index (Phi) is 1.67. The maximum atomic E-state index is 10.6. The monoisotopic (exact) mass is 213 g/mol. The van der Waals surface area contributed by atoms with Crippen LogP contribution >= 0.6 is 0 Å². The molecule has 0 aliphatic carbocycles. The Morgan fingerprint density at radius 2 is 1.94 bits per heavy atom. The van der Waals surface area contributed by atoms with Crippen molar-refractivity contribution >= 4 is 27.8 Å². The molecule has 16 heavy (non-hydrogen) atoms. The third-order valence-electron chi connectivity index (χ3n) is 2.54. The minimum absolute atomic E-state index is 0.140. The van der Waals surface area contributed by atoms with Crippen LogP contribution in [-0.4, -0.2) is 14.9 Å². The Balaban J connectivity index is 2.41. The van der Waals surface area contributed by atoms with Gasteiger partial charge >= 0.3 is 5.82 Å². The molecule has 0 fully saturated rings. The fourth-order valence-electron chi connectivity index (χ4n) is 1.82. The molecule has 0 spiro atoms. The Hall–Kier alpha value is -2.43. The van der Waals surface area contributed by atoms with E-state index in [0.717, 1.165) is 16.3 Å². The molecule has 2 aromatic heterocycles.